The molecule has 1 unspecified atom stereocenters. The number of carbonyl (C=O) groups is 3. The summed E-state index contributed by atoms with van der Waals surface area (Å²) in [6, 6.07) is 13.7. The van der Waals surface area contributed by atoms with Crippen molar-refractivity contribution < 1.29 is 24.2 Å². The van der Waals surface area contributed by atoms with Crippen molar-refractivity contribution in [2.45, 2.75) is 32.4 Å². The number of ether oxygens (including phenoxy) is 1. The lowest BCUT2D eigenvalue weighted by molar-refractivity contribution is -0.142. The first-order valence-electron chi connectivity index (χ1n) is 8.98. The van der Waals surface area contributed by atoms with Crippen LogP contribution >= 0.6 is 0 Å². The number of nitrogens with one attached hydrogen (secondary N) is 2. The Morgan fingerprint density at radius 2 is 1.64 bits per heavy atom. The van der Waals surface area contributed by atoms with Gasteiger partial charge in [0.05, 0.1) is 19.1 Å². The van der Waals surface area contributed by atoms with Gasteiger partial charge in [-0.05, 0) is 18.6 Å². The van der Waals surface area contributed by atoms with Gasteiger partial charge in [-0.15, -0.1) is 0 Å². The molecule has 0 aliphatic heterocycles. The highest BCUT2D eigenvalue weighted by molar-refractivity contribution is 5.85. The lowest BCUT2D eigenvalue weighted by atomic mass is 10.0. The Kier molecular flexibility index (Phi) is 7.56. The first kappa shape index (κ1) is 21.0. The number of rotatable bonds is 9. The molecule has 7 nitrogen and oxygen atoms in total. The summed E-state index contributed by atoms with van der Waals surface area (Å²) in [7, 11) is 0. The molecule has 0 radical (unpaired) electrons. The third-order valence-electron chi connectivity index (χ3n) is 4.05. The van der Waals surface area contributed by atoms with E-state index >= 15 is 0 Å². The number of hydrogen-bond acceptors (Lipinski definition) is 4. The maximum absolute atomic E-state index is 12.6. The zero-order valence-corrected chi connectivity index (χ0v) is 15.8. The van der Waals surface area contributed by atoms with Crippen molar-refractivity contribution in [3.05, 3.63) is 65.7 Å². The fourth-order valence-corrected chi connectivity index (χ4v) is 2.88. The minimum Gasteiger partial charge on any atom is -0.494 e. The van der Waals surface area contributed by atoms with E-state index in [0.717, 1.165) is 0 Å². The van der Waals surface area contributed by atoms with E-state index < -0.39 is 24.0 Å². The summed E-state index contributed by atoms with van der Waals surface area (Å²) in [6.45, 7) is 3.64. The Morgan fingerprint density at radius 3 is 2.25 bits per heavy atom. The average Bonchev–Trinajstić information content (AvgIpc) is 2.66. The van der Waals surface area contributed by atoms with Crippen molar-refractivity contribution in [3.63, 3.8) is 0 Å². The van der Waals surface area contributed by atoms with Gasteiger partial charge in [0, 0.05) is 12.5 Å². The first-order valence-corrected chi connectivity index (χ1v) is 8.98. The number of benzene rings is 2. The minimum atomic E-state index is -1.17. The van der Waals surface area contributed by atoms with Crippen LogP contribution in [0.1, 0.15) is 43.5 Å². The quantitative estimate of drug-likeness (QED) is 0.616. The maximum atomic E-state index is 12.6. The maximum Gasteiger partial charge on any atom is 0.330 e. The second kappa shape index (κ2) is 10.1. The van der Waals surface area contributed by atoms with E-state index in [9.17, 15) is 19.5 Å². The highest BCUT2D eigenvalue weighted by Crippen LogP contribution is 2.27. The molecule has 0 fully saturated rings. The predicted octanol–water partition coefficient (Wildman–Crippen LogP) is 2.59. The van der Waals surface area contributed by atoms with E-state index in [0.29, 0.717) is 23.5 Å². The standard InChI is InChI=1S/C21H24N2O5/c1-3-28-18-12-8-7-11-16(18)17(22-14(2)24)13-19(25)23-20(21(26)27)15-9-5-4-6-10-15/h4-12,17,20H,3,13H2,1-2H3,(H,22,24)(H,23,25)(H,26,27)/t17?,20-/m0/s1. The van der Waals surface area contributed by atoms with E-state index in [1.165, 1.54) is 6.92 Å². The molecule has 2 aromatic rings. The number of para-hydroxylation sites is 1. The Bertz CT molecular complexity index is 823. The van der Waals surface area contributed by atoms with Gasteiger partial charge in [-0.3, -0.25) is 9.59 Å². The third-order valence-corrected chi connectivity index (χ3v) is 4.05. The normalized spacial score (nSPS) is 12.5. The highest BCUT2D eigenvalue weighted by atomic mass is 16.5. The van der Waals surface area contributed by atoms with Gasteiger partial charge in [-0.25, -0.2) is 4.79 Å². The van der Waals surface area contributed by atoms with Crippen LogP contribution in [-0.2, 0) is 14.4 Å². The number of hydrogen-bond donors (Lipinski definition) is 3. The van der Waals surface area contributed by atoms with Crippen LogP contribution < -0.4 is 15.4 Å². The van der Waals surface area contributed by atoms with Gasteiger partial charge in [0.1, 0.15) is 5.75 Å². The van der Waals surface area contributed by atoms with Crippen LogP contribution in [0.2, 0.25) is 0 Å². The Morgan fingerprint density at radius 1 is 1.00 bits per heavy atom. The number of carboxylic acid groups (broad SMARTS) is 1. The summed E-state index contributed by atoms with van der Waals surface area (Å²) in [5.41, 5.74) is 1.12. The average molecular weight is 384 g/mol. The van der Waals surface area contributed by atoms with Gasteiger partial charge in [0.2, 0.25) is 11.8 Å². The lowest BCUT2D eigenvalue weighted by Gasteiger charge is -2.22. The van der Waals surface area contributed by atoms with Gasteiger partial charge in [-0.2, -0.15) is 0 Å². The molecular weight excluding hydrogens is 360 g/mol. The SMILES string of the molecule is CCOc1ccccc1C(CC(=O)N[C@H](C(=O)O)c1ccccc1)NC(C)=O. The largest absolute Gasteiger partial charge is 0.494 e. The molecule has 7 heteroatoms. The molecule has 0 saturated carbocycles. The Labute approximate surface area is 163 Å². The zero-order valence-electron chi connectivity index (χ0n) is 15.8. The molecular formula is C21H24N2O5. The van der Waals surface area contributed by atoms with Gasteiger partial charge >= 0.3 is 5.97 Å². The van der Waals surface area contributed by atoms with E-state index in [-0.39, 0.29) is 12.3 Å². The fraction of sp³-hybridized carbons (Fsp3) is 0.286. The number of aliphatic carboxylic acids is 1. The van der Waals surface area contributed by atoms with E-state index in [1.807, 2.05) is 6.92 Å². The second-order valence-electron chi connectivity index (χ2n) is 6.18. The van der Waals surface area contributed by atoms with Crippen molar-refractivity contribution in [1.29, 1.82) is 0 Å². The van der Waals surface area contributed by atoms with Gasteiger partial charge < -0.3 is 20.5 Å². The molecule has 0 saturated heterocycles. The van der Waals surface area contributed by atoms with E-state index in [1.54, 1.807) is 54.6 Å². The topological polar surface area (TPSA) is 105 Å². The predicted molar refractivity (Wildman–Crippen MR) is 104 cm³/mol. The van der Waals surface area contributed by atoms with Crippen molar-refractivity contribution in [2.75, 3.05) is 6.61 Å². The summed E-state index contributed by atoms with van der Waals surface area (Å²) in [5, 5.41) is 14.7. The minimum absolute atomic E-state index is 0.125. The van der Waals surface area contributed by atoms with Crippen LogP contribution in [0.15, 0.2) is 54.6 Å². The van der Waals surface area contributed by atoms with Crippen LogP contribution in [0.5, 0.6) is 5.75 Å². The zero-order chi connectivity index (χ0) is 20.5. The molecule has 0 aliphatic carbocycles. The van der Waals surface area contributed by atoms with Crippen molar-refractivity contribution in [1.82, 2.24) is 10.6 Å². The molecule has 0 aliphatic rings. The second-order valence-corrected chi connectivity index (χ2v) is 6.18. The van der Waals surface area contributed by atoms with Gasteiger partial charge in [-0.1, -0.05) is 48.5 Å². The fourth-order valence-electron chi connectivity index (χ4n) is 2.88. The monoisotopic (exact) mass is 384 g/mol. The van der Waals surface area contributed by atoms with E-state index in [4.69, 9.17) is 4.74 Å². The third kappa shape index (κ3) is 5.84. The smallest absolute Gasteiger partial charge is 0.330 e. The van der Waals surface area contributed by atoms with Gasteiger partial charge in [0.25, 0.3) is 0 Å². The van der Waals surface area contributed by atoms with Crippen LogP contribution in [0, 0.1) is 0 Å². The molecule has 2 atom stereocenters. The van der Waals surface area contributed by atoms with Crippen molar-refractivity contribution in [2.24, 2.45) is 0 Å². The summed E-state index contributed by atoms with van der Waals surface area (Å²) >= 11 is 0. The number of carbonyl (C=O) groups excluding carboxylic acids is 2. The molecule has 0 aromatic heterocycles. The molecule has 2 aromatic carbocycles. The first-order chi connectivity index (χ1) is 13.4. The molecule has 0 spiro atoms. The molecule has 0 bridgehead atoms. The summed E-state index contributed by atoms with van der Waals surface area (Å²) in [5.74, 6) is -1.40. The van der Waals surface area contributed by atoms with Crippen LogP contribution in [0.4, 0.5) is 0 Å². The summed E-state index contributed by atoms with van der Waals surface area (Å²) in [4.78, 5) is 35.9. The Balaban J connectivity index is 2.21. The van der Waals surface area contributed by atoms with Gasteiger partial charge in [0.15, 0.2) is 6.04 Å². The molecule has 148 valence electrons. The molecule has 3 N–H and O–H groups in total. The highest BCUT2D eigenvalue weighted by Gasteiger charge is 2.25. The molecule has 28 heavy (non-hydrogen) atoms. The molecule has 2 rings (SSSR count). The molecule has 2 amide bonds. The van der Waals surface area contributed by atoms with Crippen LogP contribution in [0.25, 0.3) is 0 Å². The summed E-state index contributed by atoms with van der Waals surface area (Å²) in [6.07, 6.45) is -0.125. The van der Waals surface area contributed by atoms with Crippen molar-refractivity contribution >= 4 is 17.8 Å². The van der Waals surface area contributed by atoms with E-state index in [2.05, 4.69) is 10.6 Å². The van der Waals surface area contributed by atoms with Crippen molar-refractivity contribution in [3.8, 4) is 5.75 Å². The lowest BCUT2D eigenvalue weighted by Crippen LogP contribution is -2.37. The molecule has 0 heterocycles. The Hall–Kier alpha value is -3.35. The number of amides is 2. The van der Waals surface area contributed by atoms with Crippen LogP contribution in [-0.4, -0.2) is 29.5 Å². The van der Waals surface area contributed by atoms with Crippen LogP contribution in [0.3, 0.4) is 0 Å². The summed E-state index contributed by atoms with van der Waals surface area (Å²) < 4.78 is 5.59. The number of carboxylic acids is 1.